The Morgan fingerprint density at radius 3 is 2.57 bits per heavy atom. The molecule has 4 rings (SSSR count). The summed E-state index contributed by atoms with van der Waals surface area (Å²) in [6.07, 6.45) is 21.8. The Morgan fingerprint density at radius 1 is 1.00 bits per heavy atom. The van der Waals surface area contributed by atoms with Gasteiger partial charge in [0, 0.05) is 0 Å². The second-order valence-electron chi connectivity index (χ2n) is 6.05. The molecular formula is C18H24Cl2CuN2-2. The molecule has 0 bridgehead atoms. The SMILES string of the molecule is C1=CCC2=CC=C[N-]C2=C1.C1CCC2[N-]CCCC2C1.[Cl][Cu][Cl]. The molecule has 0 radical (unpaired) electrons. The second kappa shape index (κ2) is 11.4. The van der Waals surface area contributed by atoms with Crippen LogP contribution in [0.25, 0.3) is 10.6 Å². The van der Waals surface area contributed by atoms with Crippen LogP contribution in [0.15, 0.2) is 47.9 Å². The van der Waals surface area contributed by atoms with E-state index >= 15 is 0 Å². The molecule has 0 amide bonds. The maximum atomic E-state index is 4.67. The first-order valence-electron chi connectivity index (χ1n) is 8.26. The molecule has 4 aliphatic rings. The Labute approximate surface area is 155 Å². The summed E-state index contributed by atoms with van der Waals surface area (Å²) in [7, 11) is 9.34. The summed E-state index contributed by atoms with van der Waals surface area (Å²) in [5.74, 6) is 0.988. The first kappa shape index (κ1) is 19.1. The van der Waals surface area contributed by atoms with Crippen molar-refractivity contribution in [3.63, 3.8) is 0 Å². The van der Waals surface area contributed by atoms with E-state index in [9.17, 15) is 0 Å². The van der Waals surface area contributed by atoms with Crippen molar-refractivity contribution in [1.29, 1.82) is 0 Å². The molecule has 133 valence electrons. The van der Waals surface area contributed by atoms with Crippen molar-refractivity contribution in [2.24, 2.45) is 5.92 Å². The summed E-state index contributed by atoms with van der Waals surface area (Å²) in [4.78, 5) is 0. The molecule has 0 spiro atoms. The fourth-order valence-corrected chi connectivity index (χ4v) is 3.50. The van der Waals surface area contributed by atoms with Crippen molar-refractivity contribution in [1.82, 2.24) is 0 Å². The van der Waals surface area contributed by atoms with Gasteiger partial charge < -0.3 is 10.6 Å². The van der Waals surface area contributed by atoms with Crippen LogP contribution in [0, 0.1) is 5.92 Å². The Kier molecular flexibility index (Phi) is 9.48. The van der Waals surface area contributed by atoms with Crippen molar-refractivity contribution in [2.75, 3.05) is 6.54 Å². The number of nitrogens with zero attached hydrogens (tertiary/aromatic N) is 2. The molecule has 5 heteroatoms. The van der Waals surface area contributed by atoms with Crippen molar-refractivity contribution in [2.45, 2.75) is 51.0 Å². The third-order valence-electron chi connectivity index (χ3n) is 4.62. The number of piperidine rings is 1. The van der Waals surface area contributed by atoms with Crippen LogP contribution in [0.4, 0.5) is 0 Å². The van der Waals surface area contributed by atoms with E-state index in [1.807, 2.05) is 18.4 Å². The molecule has 2 heterocycles. The van der Waals surface area contributed by atoms with Crippen molar-refractivity contribution < 1.29 is 13.1 Å². The van der Waals surface area contributed by atoms with E-state index in [-0.39, 0.29) is 0 Å². The summed E-state index contributed by atoms with van der Waals surface area (Å²) in [6.45, 7) is 1.15. The Morgan fingerprint density at radius 2 is 1.78 bits per heavy atom. The average molecular weight is 403 g/mol. The number of hydrogen-bond donors (Lipinski definition) is 0. The van der Waals surface area contributed by atoms with Crippen LogP contribution >= 0.6 is 20.2 Å². The summed E-state index contributed by atoms with van der Waals surface area (Å²) in [6, 6.07) is 0.780. The summed E-state index contributed by atoms with van der Waals surface area (Å²) >= 11 is 0.757. The Hall–Kier alpha value is -0.181. The normalized spacial score (nSPS) is 27.7. The van der Waals surface area contributed by atoms with Crippen LogP contribution in [0.2, 0.25) is 0 Å². The predicted octanol–water partition coefficient (Wildman–Crippen LogP) is 6.75. The van der Waals surface area contributed by atoms with Gasteiger partial charge in [-0.15, -0.1) is 18.3 Å². The number of halogens is 2. The van der Waals surface area contributed by atoms with Gasteiger partial charge in [0.1, 0.15) is 0 Å². The van der Waals surface area contributed by atoms with Gasteiger partial charge in [0.2, 0.25) is 0 Å². The number of allylic oxidation sites excluding steroid dienone is 6. The van der Waals surface area contributed by atoms with Gasteiger partial charge in [0.15, 0.2) is 0 Å². The van der Waals surface area contributed by atoms with Crippen molar-refractivity contribution in [3.8, 4) is 0 Å². The van der Waals surface area contributed by atoms with E-state index < -0.39 is 0 Å². The second-order valence-corrected chi connectivity index (χ2v) is 7.61. The zero-order valence-electron chi connectivity index (χ0n) is 13.2. The molecule has 23 heavy (non-hydrogen) atoms. The third-order valence-corrected chi connectivity index (χ3v) is 4.62. The van der Waals surface area contributed by atoms with Crippen LogP contribution in [-0.4, -0.2) is 12.6 Å². The van der Waals surface area contributed by atoms with E-state index in [2.05, 4.69) is 49.1 Å². The van der Waals surface area contributed by atoms with E-state index in [4.69, 9.17) is 0 Å². The van der Waals surface area contributed by atoms with Gasteiger partial charge in [0.05, 0.1) is 0 Å². The van der Waals surface area contributed by atoms with Crippen LogP contribution in [0.3, 0.4) is 0 Å². The van der Waals surface area contributed by atoms with Gasteiger partial charge in [-0.2, -0.15) is 6.20 Å². The molecule has 2 fully saturated rings. The molecule has 0 aromatic heterocycles. The van der Waals surface area contributed by atoms with Crippen LogP contribution in [0.5, 0.6) is 0 Å². The molecule has 1 saturated carbocycles. The molecule has 2 atom stereocenters. The first-order valence-corrected chi connectivity index (χ1v) is 10.9. The van der Waals surface area contributed by atoms with E-state index in [1.165, 1.54) is 44.1 Å². The quantitative estimate of drug-likeness (QED) is 0.401. The summed E-state index contributed by atoms with van der Waals surface area (Å²) in [5.41, 5.74) is 2.44. The molecular weight excluding hydrogens is 379 g/mol. The molecule has 2 unspecified atom stereocenters. The van der Waals surface area contributed by atoms with Crippen molar-refractivity contribution >= 4 is 20.2 Å². The van der Waals surface area contributed by atoms with Crippen LogP contribution in [-0.2, 0) is 13.1 Å². The third kappa shape index (κ3) is 6.68. The number of fused-ring (bicyclic) bond motifs is 2. The molecule has 1 saturated heterocycles. The van der Waals surface area contributed by atoms with Crippen molar-refractivity contribution in [3.05, 3.63) is 58.5 Å². The molecule has 2 nitrogen and oxygen atoms in total. The Balaban J connectivity index is 0.000000143. The topological polar surface area (TPSA) is 28.2 Å². The van der Waals surface area contributed by atoms with E-state index in [1.54, 1.807) is 0 Å². The van der Waals surface area contributed by atoms with Gasteiger partial charge in [-0.3, -0.25) is 0 Å². The van der Waals surface area contributed by atoms with Gasteiger partial charge in [-0.05, 0) is 6.42 Å². The molecule has 0 aromatic rings. The van der Waals surface area contributed by atoms with Gasteiger partial charge in [0.25, 0.3) is 0 Å². The minimum atomic E-state index is 0.757. The monoisotopic (exact) mass is 401 g/mol. The van der Waals surface area contributed by atoms with Crippen LogP contribution < -0.4 is 0 Å². The average Bonchev–Trinajstić information content (AvgIpc) is 2.63. The summed E-state index contributed by atoms with van der Waals surface area (Å²) in [5, 5.41) is 8.86. The van der Waals surface area contributed by atoms with E-state index in [0.717, 1.165) is 43.8 Å². The first-order chi connectivity index (χ1) is 11.3. The minimum absolute atomic E-state index is 0.757. The zero-order chi connectivity index (χ0) is 16.3. The maximum absolute atomic E-state index is 4.67. The van der Waals surface area contributed by atoms with Gasteiger partial charge >= 0.3 is 33.3 Å². The predicted molar refractivity (Wildman–Crippen MR) is 97.3 cm³/mol. The number of hydrogen-bond acceptors (Lipinski definition) is 0. The molecule has 2 aliphatic carbocycles. The molecule has 0 aromatic carbocycles. The van der Waals surface area contributed by atoms with Gasteiger partial charge in [-0.1, -0.05) is 80.4 Å². The fraction of sp³-hybridized carbons (Fsp3) is 0.556. The van der Waals surface area contributed by atoms with E-state index in [0.29, 0.717) is 0 Å². The standard InChI is InChI=1S/C9H16N.C9H8N.2ClH.Cu/c2*1-2-6-9-8(4-1)5-3-7-10-9;;;/h8-9H,1-7H2;1-3,5-7H,4H2;2*1H;/q2*-1;;;+2/p-2. The Bertz CT molecular complexity index is 418. The number of rotatable bonds is 0. The zero-order valence-corrected chi connectivity index (χ0v) is 15.7. The van der Waals surface area contributed by atoms with Crippen LogP contribution in [0.1, 0.15) is 44.9 Å². The fourth-order valence-electron chi connectivity index (χ4n) is 3.50. The van der Waals surface area contributed by atoms with Gasteiger partial charge in [-0.25, -0.2) is 0 Å². The molecule has 2 aliphatic heterocycles. The summed E-state index contributed by atoms with van der Waals surface area (Å²) < 4.78 is 0. The molecule has 0 N–H and O–H groups in total.